The lowest BCUT2D eigenvalue weighted by Crippen LogP contribution is -2.29. The molecule has 0 spiro atoms. The van der Waals surface area contributed by atoms with E-state index in [1.807, 2.05) is 12.1 Å². The quantitative estimate of drug-likeness (QED) is 0.230. The molecule has 1 aliphatic heterocycles. The minimum atomic E-state index is -1.04. The van der Waals surface area contributed by atoms with E-state index < -0.39 is 12.1 Å². The number of aliphatic hydroxyl groups excluding tert-OH is 1. The molecule has 3 aromatic carbocycles. The fraction of sp³-hybridized carbons (Fsp3) is 0.143. The number of nitrogens with two attached hydrogens (primary N) is 2. The molecule has 0 fully saturated rings. The summed E-state index contributed by atoms with van der Waals surface area (Å²) in [5, 5.41) is 28.1. The maximum Gasteiger partial charge on any atom is 0.256 e. The van der Waals surface area contributed by atoms with E-state index in [2.05, 4.69) is 23.1 Å². The van der Waals surface area contributed by atoms with Crippen molar-refractivity contribution in [2.75, 3.05) is 17.6 Å². The number of rotatable bonds is 6. The van der Waals surface area contributed by atoms with Crippen LogP contribution in [0.5, 0.6) is 0 Å². The zero-order valence-electron chi connectivity index (χ0n) is 20.6. The van der Waals surface area contributed by atoms with Gasteiger partial charge in [-0.05, 0) is 53.1 Å². The number of anilines is 2. The molecule has 1 atom stereocenters. The van der Waals surface area contributed by atoms with Gasteiger partial charge in [-0.2, -0.15) is 10.4 Å². The molecule has 1 aliphatic rings. The van der Waals surface area contributed by atoms with Gasteiger partial charge >= 0.3 is 0 Å². The summed E-state index contributed by atoms with van der Waals surface area (Å²) in [5.74, 6) is -0.995. The SMILES string of the molecule is C=C(CN1Cc2c(-c3cc(C(=O)Nc4cccc(C#N)c4)c4cnn(C)c4c3)ccc(N)c2C1O)C(N)=O. The molecule has 1 aromatic heterocycles. The molecular weight excluding hydrogens is 482 g/mol. The lowest BCUT2D eigenvalue weighted by Gasteiger charge is -2.20. The van der Waals surface area contributed by atoms with Crippen molar-refractivity contribution in [3.63, 3.8) is 0 Å². The molecule has 2 amide bonds. The number of nitrogen functional groups attached to an aromatic ring is 1. The summed E-state index contributed by atoms with van der Waals surface area (Å²) in [5.41, 5.74) is 17.1. The summed E-state index contributed by atoms with van der Waals surface area (Å²) >= 11 is 0. The Morgan fingerprint density at radius 1 is 1.26 bits per heavy atom. The van der Waals surface area contributed by atoms with Gasteiger partial charge in [-0.25, -0.2) is 0 Å². The Kier molecular flexibility index (Phi) is 6.16. The third kappa shape index (κ3) is 4.26. The Balaban J connectivity index is 1.59. The van der Waals surface area contributed by atoms with E-state index in [1.54, 1.807) is 59.2 Å². The number of carbonyl (C=O) groups is 2. The number of fused-ring (bicyclic) bond motifs is 2. The second kappa shape index (κ2) is 9.48. The summed E-state index contributed by atoms with van der Waals surface area (Å²) < 4.78 is 1.68. The van der Waals surface area contributed by atoms with Gasteiger partial charge in [0.15, 0.2) is 0 Å². The fourth-order valence-corrected chi connectivity index (χ4v) is 4.82. The number of hydrogen-bond donors (Lipinski definition) is 4. The van der Waals surface area contributed by atoms with Crippen molar-refractivity contribution in [3.8, 4) is 17.2 Å². The number of aryl methyl sites for hydroxylation is 1. The number of primary amides is 1. The second-order valence-electron chi connectivity index (χ2n) is 9.21. The molecule has 0 saturated carbocycles. The van der Waals surface area contributed by atoms with Gasteiger partial charge in [0.25, 0.3) is 5.91 Å². The Morgan fingerprint density at radius 2 is 2.05 bits per heavy atom. The first-order chi connectivity index (χ1) is 18.2. The Bertz CT molecular complexity index is 1680. The van der Waals surface area contributed by atoms with Crippen molar-refractivity contribution in [3.05, 3.63) is 89.1 Å². The predicted octanol–water partition coefficient (Wildman–Crippen LogP) is 2.79. The normalized spacial score (nSPS) is 14.7. The molecule has 4 aromatic rings. The molecular formula is C28H25N7O3. The average molecular weight is 508 g/mol. The number of hydrogen-bond acceptors (Lipinski definition) is 7. The molecule has 2 heterocycles. The first-order valence-electron chi connectivity index (χ1n) is 11.8. The van der Waals surface area contributed by atoms with Crippen LogP contribution in [0.4, 0.5) is 11.4 Å². The minimum absolute atomic E-state index is 0.0836. The minimum Gasteiger partial charge on any atom is -0.398 e. The molecule has 0 bridgehead atoms. The van der Waals surface area contributed by atoms with Crippen LogP contribution in [0, 0.1) is 11.3 Å². The highest BCUT2D eigenvalue weighted by Crippen LogP contribution is 2.42. The maximum atomic E-state index is 13.4. The van der Waals surface area contributed by atoms with Crippen LogP contribution in [0.15, 0.2) is 66.9 Å². The molecule has 10 heteroatoms. The highest BCUT2D eigenvalue weighted by atomic mass is 16.3. The van der Waals surface area contributed by atoms with Crippen LogP contribution in [0.25, 0.3) is 22.0 Å². The van der Waals surface area contributed by atoms with E-state index in [0.717, 1.165) is 22.2 Å². The molecule has 1 unspecified atom stereocenters. The van der Waals surface area contributed by atoms with E-state index in [9.17, 15) is 20.0 Å². The number of nitrogens with one attached hydrogen (secondary N) is 1. The molecule has 10 nitrogen and oxygen atoms in total. The number of aliphatic hydroxyl groups is 1. The Morgan fingerprint density at radius 3 is 2.79 bits per heavy atom. The molecule has 0 radical (unpaired) electrons. The second-order valence-corrected chi connectivity index (χ2v) is 9.21. The van der Waals surface area contributed by atoms with Crippen LogP contribution in [-0.4, -0.2) is 38.1 Å². The standard InChI is InChI=1S/C28H25N7O3/c1-15(26(31)36)13-35-14-22-19(6-7-23(30)25(22)28(35)38)17-9-20(21-12-32-34(2)24(21)10-17)27(37)33-18-5-3-4-16(8-18)11-29/h3-10,12,28,38H,1,13-14,30H2,2H3,(H2,31,36)(H,33,37). The number of aromatic nitrogens is 2. The van der Waals surface area contributed by atoms with Gasteiger partial charge in [-0.15, -0.1) is 0 Å². The molecule has 6 N–H and O–H groups in total. The molecule has 5 rings (SSSR count). The van der Waals surface area contributed by atoms with Crippen molar-refractivity contribution in [1.82, 2.24) is 14.7 Å². The van der Waals surface area contributed by atoms with Crippen LogP contribution >= 0.6 is 0 Å². The largest absolute Gasteiger partial charge is 0.398 e. The third-order valence-corrected chi connectivity index (χ3v) is 6.77. The summed E-state index contributed by atoms with van der Waals surface area (Å²) in [6.45, 7) is 4.09. The highest BCUT2D eigenvalue weighted by molar-refractivity contribution is 6.13. The topological polar surface area (TPSA) is 163 Å². The summed E-state index contributed by atoms with van der Waals surface area (Å²) in [6, 6.07) is 16.0. The van der Waals surface area contributed by atoms with Gasteiger partial charge in [0.1, 0.15) is 6.23 Å². The van der Waals surface area contributed by atoms with Crippen molar-refractivity contribution in [2.24, 2.45) is 12.8 Å². The third-order valence-electron chi connectivity index (χ3n) is 6.77. The van der Waals surface area contributed by atoms with Gasteiger partial charge < -0.3 is 21.9 Å². The van der Waals surface area contributed by atoms with Gasteiger partial charge in [0.05, 0.1) is 28.9 Å². The summed E-state index contributed by atoms with van der Waals surface area (Å²) in [4.78, 5) is 26.7. The van der Waals surface area contributed by atoms with E-state index in [-0.39, 0.29) is 18.0 Å². The lowest BCUT2D eigenvalue weighted by atomic mass is 9.93. The Hall–Kier alpha value is -4.98. The number of benzene rings is 3. The number of nitriles is 1. The van der Waals surface area contributed by atoms with Gasteiger partial charge in [0.2, 0.25) is 5.91 Å². The lowest BCUT2D eigenvalue weighted by molar-refractivity contribution is -0.115. The number of carbonyl (C=O) groups excluding carboxylic acids is 2. The summed E-state index contributed by atoms with van der Waals surface area (Å²) in [6.07, 6.45) is 0.588. The first-order valence-corrected chi connectivity index (χ1v) is 11.8. The van der Waals surface area contributed by atoms with Gasteiger partial charge in [-0.1, -0.05) is 18.7 Å². The fourth-order valence-electron chi connectivity index (χ4n) is 4.82. The smallest absolute Gasteiger partial charge is 0.256 e. The predicted molar refractivity (Wildman–Crippen MR) is 143 cm³/mol. The maximum absolute atomic E-state index is 13.4. The number of amides is 2. The van der Waals surface area contributed by atoms with Crippen LogP contribution < -0.4 is 16.8 Å². The molecule has 0 aliphatic carbocycles. The van der Waals surface area contributed by atoms with Crippen molar-refractivity contribution >= 4 is 34.1 Å². The van der Waals surface area contributed by atoms with Crippen LogP contribution in [0.3, 0.4) is 0 Å². The van der Waals surface area contributed by atoms with E-state index in [0.29, 0.717) is 40.0 Å². The molecule has 38 heavy (non-hydrogen) atoms. The van der Waals surface area contributed by atoms with Gasteiger partial charge in [-0.3, -0.25) is 19.2 Å². The van der Waals surface area contributed by atoms with E-state index >= 15 is 0 Å². The molecule has 0 saturated heterocycles. The van der Waals surface area contributed by atoms with Crippen molar-refractivity contribution in [1.29, 1.82) is 5.26 Å². The zero-order valence-corrected chi connectivity index (χ0v) is 20.6. The molecule has 190 valence electrons. The van der Waals surface area contributed by atoms with Crippen molar-refractivity contribution < 1.29 is 14.7 Å². The Labute approximate surface area is 218 Å². The first kappa shape index (κ1) is 24.7. The highest BCUT2D eigenvalue weighted by Gasteiger charge is 2.33. The summed E-state index contributed by atoms with van der Waals surface area (Å²) in [7, 11) is 1.79. The van der Waals surface area contributed by atoms with Crippen LogP contribution in [0.2, 0.25) is 0 Å². The van der Waals surface area contributed by atoms with Crippen LogP contribution in [0.1, 0.15) is 33.3 Å². The van der Waals surface area contributed by atoms with E-state index in [1.165, 1.54) is 0 Å². The number of nitrogens with zero attached hydrogens (tertiary/aromatic N) is 4. The van der Waals surface area contributed by atoms with Crippen LogP contribution in [-0.2, 0) is 18.4 Å². The monoisotopic (exact) mass is 507 g/mol. The van der Waals surface area contributed by atoms with E-state index in [4.69, 9.17) is 11.5 Å². The average Bonchev–Trinajstić information content (AvgIpc) is 3.43. The van der Waals surface area contributed by atoms with Crippen molar-refractivity contribution in [2.45, 2.75) is 12.8 Å². The zero-order chi connectivity index (χ0) is 27.1. The van der Waals surface area contributed by atoms with Gasteiger partial charge in [0, 0.05) is 48.0 Å².